The van der Waals surface area contributed by atoms with Crippen molar-refractivity contribution in [3.05, 3.63) is 131 Å². The molecule has 0 amide bonds. The van der Waals surface area contributed by atoms with Crippen molar-refractivity contribution >= 4 is 23.5 Å². The van der Waals surface area contributed by atoms with Crippen LogP contribution in [0.1, 0.15) is 108 Å². The van der Waals surface area contributed by atoms with Crippen LogP contribution in [-0.4, -0.2) is 33.0 Å². The van der Waals surface area contributed by atoms with Gasteiger partial charge in [-0.1, -0.05) is 112 Å². The van der Waals surface area contributed by atoms with Gasteiger partial charge in [-0.3, -0.25) is 0 Å². The van der Waals surface area contributed by atoms with Crippen LogP contribution < -0.4 is 14.4 Å². The highest BCUT2D eigenvalue weighted by molar-refractivity contribution is 5.73. The number of anilines is 2. The minimum atomic E-state index is -0.221. The summed E-state index contributed by atoms with van der Waals surface area (Å²) in [5.41, 5.74) is 6.74. The van der Waals surface area contributed by atoms with E-state index < -0.39 is 0 Å². The molecule has 2 unspecified atom stereocenters. The van der Waals surface area contributed by atoms with Crippen molar-refractivity contribution < 1.29 is 18.9 Å². The molecule has 0 aliphatic heterocycles. The topological polar surface area (TPSA) is 40.2 Å². The summed E-state index contributed by atoms with van der Waals surface area (Å²) in [5, 5.41) is 0. The highest BCUT2D eigenvalue weighted by atomic mass is 16.5. The molecule has 0 fully saturated rings. The van der Waals surface area contributed by atoms with Gasteiger partial charge in [-0.15, -0.1) is 0 Å². The van der Waals surface area contributed by atoms with Gasteiger partial charge in [-0.05, 0) is 105 Å². The van der Waals surface area contributed by atoms with Gasteiger partial charge in [0.25, 0.3) is 0 Å². The molecule has 5 heteroatoms. The Morgan fingerprint density at radius 1 is 0.549 bits per heavy atom. The molecule has 0 N–H and O–H groups in total. The van der Waals surface area contributed by atoms with E-state index in [1.807, 2.05) is 24.3 Å². The van der Waals surface area contributed by atoms with Gasteiger partial charge in [-0.25, -0.2) is 0 Å². The molecule has 0 bridgehead atoms. The number of rotatable bonds is 21. The average molecular weight is 690 g/mol. The number of ether oxygens (including phenoxy) is 4. The van der Waals surface area contributed by atoms with Gasteiger partial charge in [0, 0.05) is 17.9 Å². The summed E-state index contributed by atoms with van der Waals surface area (Å²) in [6.07, 6.45) is 15.9. The number of hydrogen-bond donors (Lipinski definition) is 0. The molecule has 4 aromatic carbocycles. The van der Waals surface area contributed by atoms with Crippen LogP contribution in [0.25, 0.3) is 12.2 Å². The van der Waals surface area contributed by atoms with E-state index in [-0.39, 0.29) is 24.4 Å². The number of para-hydroxylation sites is 1. The largest absolute Gasteiger partial charge is 0.497 e. The highest BCUT2D eigenvalue weighted by Gasteiger charge is 2.15. The van der Waals surface area contributed by atoms with Gasteiger partial charge in [-0.2, -0.15) is 0 Å². The van der Waals surface area contributed by atoms with Crippen molar-refractivity contribution in [2.75, 3.05) is 25.7 Å². The van der Waals surface area contributed by atoms with Crippen LogP contribution in [0, 0.1) is 0 Å². The molecular weight excluding hydrogens is 631 g/mol. The Hall–Kier alpha value is -4.32. The third kappa shape index (κ3) is 12.7. The lowest BCUT2D eigenvalue weighted by Crippen LogP contribution is -2.18. The zero-order chi connectivity index (χ0) is 36.4. The molecule has 5 nitrogen and oxygen atoms in total. The minimum Gasteiger partial charge on any atom is -0.497 e. The monoisotopic (exact) mass is 689 g/mol. The van der Waals surface area contributed by atoms with Crippen molar-refractivity contribution in [1.29, 1.82) is 0 Å². The lowest BCUT2D eigenvalue weighted by molar-refractivity contribution is 0.0350. The van der Waals surface area contributed by atoms with Gasteiger partial charge in [0.1, 0.15) is 23.7 Å². The molecule has 2 atom stereocenters. The molecule has 0 heterocycles. The normalized spacial score (nSPS) is 13.0. The van der Waals surface area contributed by atoms with Crippen LogP contribution in [0.2, 0.25) is 0 Å². The highest BCUT2D eigenvalue weighted by Crippen LogP contribution is 2.32. The molecule has 0 aliphatic carbocycles. The summed E-state index contributed by atoms with van der Waals surface area (Å²) in [4.78, 5) is 2.46. The second-order valence-electron chi connectivity index (χ2n) is 13.5. The Labute approximate surface area is 307 Å². The molecule has 0 aromatic heterocycles. The summed E-state index contributed by atoms with van der Waals surface area (Å²) in [6.45, 7) is 11.5. The van der Waals surface area contributed by atoms with Crippen molar-refractivity contribution in [3.63, 3.8) is 0 Å². The van der Waals surface area contributed by atoms with Crippen LogP contribution in [-0.2, 0) is 9.47 Å². The second-order valence-corrected chi connectivity index (χ2v) is 13.5. The predicted octanol–water partition coefficient (Wildman–Crippen LogP) is 12.6. The summed E-state index contributed by atoms with van der Waals surface area (Å²) >= 11 is 0. The van der Waals surface area contributed by atoms with Crippen LogP contribution in [0.5, 0.6) is 11.5 Å². The van der Waals surface area contributed by atoms with Gasteiger partial charge < -0.3 is 23.8 Å². The second kappa shape index (κ2) is 21.1. The van der Waals surface area contributed by atoms with Crippen molar-refractivity contribution in [3.8, 4) is 11.5 Å². The summed E-state index contributed by atoms with van der Waals surface area (Å²) in [5.74, 6) is 1.65. The smallest absolute Gasteiger partial charge is 0.118 e. The molecule has 0 aliphatic rings. The minimum absolute atomic E-state index is 0.0526. The number of nitrogens with zero attached hydrogens (tertiary/aromatic N) is 1. The van der Waals surface area contributed by atoms with Crippen molar-refractivity contribution in [2.45, 2.75) is 97.6 Å². The maximum absolute atomic E-state index is 6.44. The predicted molar refractivity (Wildman–Crippen MR) is 215 cm³/mol. The first kappa shape index (κ1) is 39.5. The average Bonchev–Trinajstić information content (AvgIpc) is 3.15. The third-order valence-corrected chi connectivity index (χ3v) is 8.81. The maximum atomic E-state index is 6.44. The summed E-state index contributed by atoms with van der Waals surface area (Å²) < 4.78 is 23.7. The fraction of sp³-hybridized carbons (Fsp3) is 0.391. The van der Waals surface area contributed by atoms with Crippen LogP contribution in [0.15, 0.2) is 109 Å². The molecule has 0 saturated carbocycles. The lowest BCUT2D eigenvalue weighted by atomic mass is 10.0. The maximum Gasteiger partial charge on any atom is 0.118 e. The Kier molecular flexibility index (Phi) is 16.4. The van der Waals surface area contributed by atoms with Gasteiger partial charge in [0.05, 0.1) is 26.4 Å². The molecule has 0 radical (unpaired) electrons. The zero-order valence-corrected chi connectivity index (χ0v) is 31.9. The van der Waals surface area contributed by atoms with Crippen molar-refractivity contribution in [2.24, 2.45) is 0 Å². The van der Waals surface area contributed by atoms with E-state index in [0.29, 0.717) is 0 Å². The van der Waals surface area contributed by atoms with E-state index in [2.05, 4.69) is 137 Å². The Bertz CT molecular complexity index is 1610. The molecule has 4 aromatic rings. The van der Waals surface area contributed by atoms with Gasteiger partial charge >= 0.3 is 0 Å². The first-order valence-electron chi connectivity index (χ1n) is 18.7. The summed E-state index contributed by atoms with van der Waals surface area (Å²) in [7, 11) is 3.38. The number of benzene rings is 4. The first-order valence-corrected chi connectivity index (χ1v) is 18.7. The summed E-state index contributed by atoms with van der Waals surface area (Å²) in [6, 6.07) is 33.8. The molecule has 0 saturated heterocycles. The Morgan fingerprint density at radius 3 is 1.57 bits per heavy atom. The molecule has 51 heavy (non-hydrogen) atoms. The number of hydrogen-bond acceptors (Lipinski definition) is 5. The number of methoxy groups -OCH3 is 2. The SMILES string of the molecule is CCCCCCCCN(c1ccccc1)c1ccc(/C=C/C(OC(C)C)c2ccc(OC)cc2)c(/C=C/C(OC(C)C)c2ccc(OC)cc2)c1. The number of unbranched alkanes of at least 4 members (excludes halogenated alkanes) is 5. The Morgan fingerprint density at radius 2 is 1.06 bits per heavy atom. The fourth-order valence-electron chi connectivity index (χ4n) is 6.12. The quantitative estimate of drug-likeness (QED) is 0.0815. The van der Waals surface area contributed by atoms with E-state index in [1.54, 1.807) is 14.2 Å². The molecule has 0 spiro atoms. The molecule has 4 rings (SSSR count). The van der Waals surface area contributed by atoms with E-state index in [0.717, 1.165) is 46.7 Å². The van der Waals surface area contributed by atoms with E-state index in [1.165, 1.54) is 43.5 Å². The molecular formula is C46H59NO4. The first-order chi connectivity index (χ1) is 24.8. The van der Waals surface area contributed by atoms with E-state index in [9.17, 15) is 0 Å². The van der Waals surface area contributed by atoms with Crippen LogP contribution >= 0.6 is 0 Å². The van der Waals surface area contributed by atoms with Crippen molar-refractivity contribution in [1.82, 2.24) is 0 Å². The zero-order valence-electron chi connectivity index (χ0n) is 31.9. The Balaban J connectivity index is 1.75. The van der Waals surface area contributed by atoms with Gasteiger partial charge in [0.15, 0.2) is 0 Å². The lowest BCUT2D eigenvalue weighted by Gasteiger charge is -2.26. The van der Waals surface area contributed by atoms with Gasteiger partial charge in [0.2, 0.25) is 0 Å². The van der Waals surface area contributed by atoms with E-state index >= 15 is 0 Å². The van der Waals surface area contributed by atoms with Crippen LogP contribution in [0.4, 0.5) is 11.4 Å². The van der Waals surface area contributed by atoms with E-state index in [4.69, 9.17) is 18.9 Å². The third-order valence-electron chi connectivity index (χ3n) is 8.81. The fourth-order valence-corrected chi connectivity index (χ4v) is 6.12. The standard InChI is InChI=1S/C46H59NO4/c1-8-9-10-11-12-16-33-47(41-17-14-13-15-18-41)42-26-19-37(24-31-45(50-35(2)3)38-20-27-43(48-6)28-21-38)40(34-42)25-32-46(51-36(4)5)39-22-29-44(49-7)30-23-39/h13-15,17-32,34-36,45-46H,8-12,16,33H2,1-7H3/b31-24+,32-25+. The molecule has 272 valence electrons. The van der Waals surface area contributed by atoms with Crippen LogP contribution in [0.3, 0.4) is 0 Å².